The van der Waals surface area contributed by atoms with Gasteiger partial charge in [0.1, 0.15) is 0 Å². The quantitative estimate of drug-likeness (QED) is 0.378. The number of aromatic nitrogens is 2. The summed E-state index contributed by atoms with van der Waals surface area (Å²) in [4.78, 5) is 29.1. The van der Waals surface area contributed by atoms with Crippen molar-refractivity contribution in [3.63, 3.8) is 0 Å². The van der Waals surface area contributed by atoms with Crippen molar-refractivity contribution < 1.29 is 9.59 Å². The zero-order chi connectivity index (χ0) is 15.9. The molecule has 4 N–H and O–H groups in total. The summed E-state index contributed by atoms with van der Waals surface area (Å²) in [5.41, 5.74) is 6.95. The van der Waals surface area contributed by atoms with Gasteiger partial charge in [-0.3, -0.25) is 9.59 Å². The number of carbonyl (C=O) groups is 2. The molecule has 0 atom stereocenters. The molecule has 2 rings (SSSR count). The Bertz CT molecular complexity index is 636. The molecule has 0 aliphatic carbocycles. The van der Waals surface area contributed by atoms with Crippen LogP contribution in [0.1, 0.15) is 25.2 Å². The van der Waals surface area contributed by atoms with Crippen molar-refractivity contribution in [1.29, 1.82) is 0 Å². The minimum Gasteiger partial charge on any atom is -0.360 e. The third-order valence-corrected chi connectivity index (χ3v) is 2.83. The first-order valence-electron chi connectivity index (χ1n) is 6.54. The van der Waals surface area contributed by atoms with Crippen molar-refractivity contribution in [3.05, 3.63) is 48.0 Å². The molecular weight excluding hydrogens is 284 g/mol. The summed E-state index contributed by atoms with van der Waals surface area (Å²) in [6.07, 6.45) is 3.47. The molecule has 114 valence electrons. The van der Waals surface area contributed by atoms with E-state index in [1.54, 1.807) is 50.5 Å². The van der Waals surface area contributed by atoms with E-state index in [0.29, 0.717) is 11.4 Å². The molecule has 2 aromatic rings. The Balaban J connectivity index is 1.89. The number of nitrogens with one attached hydrogen (secondary N) is 4. The van der Waals surface area contributed by atoms with Crippen LogP contribution in [-0.2, 0) is 9.59 Å². The minimum atomic E-state index is -0.894. The maximum absolute atomic E-state index is 11.6. The number of carbonyl (C=O) groups excluding carboxylic acids is 2. The molecule has 0 saturated heterocycles. The summed E-state index contributed by atoms with van der Waals surface area (Å²) >= 11 is 0. The lowest BCUT2D eigenvalue weighted by atomic mass is 10.3. The number of hydrogen-bond acceptors (Lipinski definition) is 4. The average molecular weight is 300 g/mol. The third kappa shape index (κ3) is 3.92. The van der Waals surface area contributed by atoms with Gasteiger partial charge < -0.3 is 9.97 Å². The lowest BCUT2D eigenvalue weighted by Gasteiger charge is -2.01. The van der Waals surface area contributed by atoms with Gasteiger partial charge in [0.15, 0.2) is 0 Å². The molecule has 2 aromatic heterocycles. The summed E-state index contributed by atoms with van der Waals surface area (Å²) in [5, 5.41) is 7.67. The zero-order valence-corrected chi connectivity index (χ0v) is 12.2. The lowest BCUT2D eigenvalue weighted by molar-refractivity contribution is -0.139. The predicted molar refractivity (Wildman–Crippen MR) is 82.3 cm³/mol. The maximum atomic E-state index is 11.6. The van der Waals surface area contributed by atoms with E-state index < -0.39 is 11.8 Å². The molecule has 8 nitrogen and oxygen atoms in total. The second-order valence-electron chi connectivity index (χ2n) is 4.44. The molecule has 0 radical (unpaired) electrons. The Labute approximate surface area is 126 Å². The van der Waals surface area contributed by atoms with Crippen LogP contribution in [0, 0.1) is 0 Å². The number of hydrazone groups is 2. The number of amides is 2. The fraction of sp³-hybridized carbons (Fsp3) is 0.143. The molecule has 0 aromatic carbocycles. The molecule has 0 unspecified atom stereocenters. The van der Waals surface area contributed by atoms with Crippen LogP contribution in [0.4, 0.5) is 0 Å². The smallest absolute Gasteiger partial charge is 0.331 e. The van der Waals surface area contributed by atoms with Gasteiger partial charge in [-0.1, -0.05) is 0 Å². The van der Waals surface area contributed by atoms with E-state index in [0.717, 1.165) is 11.4 Å². The molecule has 0 aliphatic heterocycles. The van der Waals surface area contributed by atoms with E-state index in [4.69, 9.17) is 0 Å². The van der Waals surface area contributed by atoms with Crippen LogP contribution in [0.25, 0.3) is 0 Å². The molecule has 0 aliphatic rings. The van der Waals surface area contributed by atoms with Crippen LogP contribution in [0.3, 0.4) is 0 Å². The molecule has 0 saturated carbocycles. The summed E-state index contributed by atoms with van der Waals surface area (Å²) in [5.74, 6) is -1.79. The van der Waals surface area contributed by atoms with Crippen molar-refractivity contribution >= 4 is 23.2 Å². The summed E-state index contributed by atoms with van der Waals surface area (Å²) in [6.45, 7) is 3.41. The van der Waals surface area contributed by atoms with E-state index in [1.807, 2.05) is 0 Å². The second-order valence-corrected chi connectivity index (χ2v) is 4.44. The van der Waals surface area contributed by atoms with Crippen LogP contribution in [-0.4, -0.2) is 33.2 Å². The summed E-state index contributed by atoms with van der Waals surface area (Å²) in [6, 6.07) is 7.21. The zero-order valence-electron chi connectivity index (χ0n) is 12.2. The number of hydrogen-bond donors (Lipinski definition) is 4. The van der Waals surface area contributed by atoms with E-state index in [2.05, 4.69) is 31.0 Å². The second kappa shape index (κ2) is 7.02. The molecule has 2 amide bonds. The highest BCUT2D eigenvalue weighted by Gasteiger charge is 2.12. The minimum absolute atomic E-state index is 0.553. The molecule has 22 heavy (non-hydrogen) atoms. The van der Waals surface area contributed by atoms with Gasteiger partial charge in [-0.2, -0.15) is 10.2 Å². The Morgan fingerprint density at radius 1 is 0.864 bits per heavy atom. The van der Waals surface area contributed by atoms with Gasteiger partial charge in [0.2, 0.25) is 0 Å². The van der Waals surface area contributed by atoms with E-state index in [1.165, 1.54) is 0 Å². The summed E-state index contributed by atoms with van der Waals surface area (Å²) in [7, 11) is 0. The van der Waals surface area contributed by atoms with Gasteiger partial charge in [0.05, 0.1) is 22.8 Å². The van der Waals surface area contributed by atoms with Gasteiger partial charge in [0.25, 0.3) is 0 Å². The highest BCUT2D eigenvalue weighted by molar-refractivity contribution is 6.35. The lowest BCUT2D eigenvalue weighted by Crippen LogP contribution is -2.36. The molecule has 0 fully saturated rings. The Morgan fingerprint density at radius 2 is 1.27 bits per heavy atom. The van der Waals surface area contributed by atoms with Crippen molar-refractivity contribution in [1.82, 2.24) is 20.8 Å². The topological polar surface area (TPSA) is 114 Å². The first-order valence-corrected chi connectivity index (χ1v) is 6.54. The van der Waals surface area contributed by atoms with Gasteiger partial charge in [-0.15, -0.1) is 0 Å². The highest BCUT2D eigenvalue weighted by Crippen LogP contribution is 1.97. The average Bonchev–Trinajstić information content (AvgIpc) is 3.22. The van der Waals surface area contributed by atoms with E-state index >= 15 is 0 Å². The van der Waals surface area contributed by atoms with Gasteiger partial charge in [-0.05, 0) is 38.1 Å². The van der Waals surface area contributed by atoms with Gasteiger partial charge in [-0.25, -0.2) is 10.9 Å². The number of nitrogens with zero attached hydrogens (tertiary/aromatic N) is 2. The SMILES string of the molecule is C/C(=N\NC(=O)C(=O)N/N=C(\C)c1ccc[nH]1)c1ccc[nH]1. The van der Waals surface area contributed by atoms with E-state index in [9.17, 15) is 9.59 Å². The van der Waals surface area contributed by atoms with Crippen LogP contribution in [0.15, 0.2) is 46.9 Å². The van der Waals surface area contributed by atoms with Gasteiger partial charge >= 0.3 is 11.8 Å². The van der Waals surface area contributed by atoms with E-state index in [-0.39, 0.29) is 0 Å². The van der Waals surface area contributed by atoms with Crippen molar-refractivity contribution in [2.24, 2.45) is 10.2 Å². The Kier molecular flexibility index (Phi) is 4.86. The third-order valence-electron chi connectivity index (χ3n) is 2.83. The standard InChI is InChI=1S/C14H16N6O2/c1-9(11-5-3-7-15-11)17-19-13(21)14(22)20-18-10(2)12-6-4-8-16-12/h3-8,15-16H,1-2H3,(H,19,21)(H,20,22)/b17-9+,18-10+. The maximum Gasteiger partial charge on any atom is 0.331 e. The largest absolute Gasteiger partial charge is 0.360 e. The molecule has 2 heterocycles. The van der Waals surface area contributed by atoms with Crippen LogP contribution in [0.5, 0.6) is 0 Å². The van der Waals surface area contributed by atoms with Crippen molar-refractivity contribution in [3.8, 4) is 0 Å². The predicted octanol–water partition coefficient (Wildman–Crippen LogP) is 0.723. The highest BCUT2D eigenvalue weighted by atomic mass is 16.2. The fourth-order valence-electron chi connectivity index (χ4n) is 1.60. The van der Waals surface area contributed by atoms with Crippen LogP contribution >= 0.6 is 0 Å². The number of aromatic amines is 2. The van der Waals surface area contributed by atoms with Crippen LogP contribution < -0.4 is 10.9 Å². The monoisotopic (exact) mass is 300 g/mol. The molecule has 0 spiro atoms. The normalized spacial score (nSPS) is 12.1. The number of rotatable bonds is 4. The van der Waals surface area contributed by atoms with Crippen molar-refractivity contribution in [2.75, 3.05) is 0 Å². The fourth-order valence-corrected chi connectivity index (χ4v) is 1.60. The molecular formula is C14H16N6O2. The molecule has 8 heteroatoms. The van der Waals surface area contributed by atoms with Crippen LogP contribution in [0.2, 0.25) is 0 Å². The summed E-state index contributed by atoms with van der Waals surface area (Å²) < 4.78 is 0. The Morgan fingerprint density at radius 3 is 1.59 bits per heavy atom. The number of H-pyrrole nitrogens is 2. The first-order chi connectivity index (χ1) is 10.6. The van der Waals surface area contributed by atoms with Crippen molar-refractivity contribution in [2.45, 2.75) is 13.8 Å². The van der Waals surface area contributed by atoms with Gasteiger partial charge in [0, 0.05) is 12.4 Å². The first kappa shape index (κ1) is 15.2. The Hall–Kier alpha value is -3.16. The molecule has 0 bridgehead atoms.